The maximum atomic E-state index is 11.6. The van der Waals surface area contributed by atoms with Crippen molar-refractivity contribution in [1.29, 1.82) is 0 Å². The molecular weight excluding hydrogens is 256 g/mol. The Bertz CT molecular complexity index is 624. The maximum absolute atomic E-state index is 11.6. The van der Waals surface area contributed by atoms with Crippen molar-refractivity contribution in [2.75, 3.05) is 0 Å². The standard InChI is InChI=1S/C15H14N2O3/c18-13-8-4-7-12(15(13)20)10-16-17-14(19)9-11-5-2-1-3-6-11/h1-8,10,18,20H,9H2,(H,17,19)/b16-10+. The van der Waals surface area contributed by atoms with Crippen LogP contribution in [-0.2, 0) is 11.2 Å². The highest BCUT2D eigenvalue weighted by Crippen LogP contribution is 2.26. The normalized spacial score (nSPS) is 10.6. The first-order chi connectivity index (χ1) is 9.66. The minimum Gasteiger partial charge on any atom is -0.504 e. The van der Waals surface area contributed by atoms with Crippen molar-refractivity contribution in [2.45, 2.75) is 6.42 Å². The topological polar surface area (TPSA) is 81.9 Å². The number of rotatable bonds is 4. The van der Waals surface area contributed by atoms with Crippen molar-refractivity contribution in [3.63, 3.8) is 0 Å². The molecule has 2 aromatic carbocycles. The Hall–Kier alpha value is -2.82. The molecule has 0 saturated heterocycles. The zero-order chi connectivity index (χ0) is 14.4. The van der Waals surface area contributed by atoms with E-state index in [4.69, 9.17) is 0 Å². The summed E-state index contributed by atoms with van der Waals surface area (Å²) >= 11 is 0. The predicted molar refractivity (Wildman–Crippen MR) is 75.7 cm³/mol. The predicted octanol–water partition coefficient (Wildman–Crippen LogP) is 1.79. The number of hydrogen-bond acceptors (Lipinski definition) is 4. The molecule has 0 unspecified atom stereocenters. The molecule has 3 N–H and O–H groups in total. The van der Waals surface area contributed by atoms with Crippen LogP contribution >= 0.6 is 0 Å². The van der Waals surface area contributed by atoms with E-state index in [1.807, 2.05) is 30.3 Å². The van der Waals surface area contributed by atoms with Crippen molar-refractivity contribution in [3.8, 4) is 11.5 Å². The number of carbonyl (C=O) groups excluding carboxylic acids is 1. The molecule has 5 nitrogen and oxygen atoms in total. The molecule has 0 heterocycles. The first-order valence-corrected chi connectivity index (χ1v) is 6.03. The molecule has 0 fully saturated rings. The lowest BCUT2D eigenvalue weighted by Crippen LogP contribution is -2.19. The zero-order valence-electron chi connectivity index (χ0n) is 10.7. The third-order valence-corrected chi connectivity index (χ3v) is 2.65. The number of hydrazone groups is 1. The summed E-state index contributed by atoms with van der Waals surface area (Å²) in [5, 5.41) is 22.6. The number of amides is 1. The van der Waals surface area contributed by atoms with Crippen LogP contribution in [0.25, 0.3) is 0 Å². The smallest absolute Gasteiger partial charge is 0.244 e. The number of benzene rings is 2. The van der Waals surface area contributed by atoms with Gasteiger partial charge < -0.3 is 10.2 Å². The summed E-state index contributed by atoms with van der Waals surface area (Å²) in [5.74, 6) is -0.759. The number of nitrogens with one attached hydrogen (secondary N) is 1. The van der Waals surface area contributed by atoms with Gasteiger partial charge in [0.05, 0.1) is 12.6 Å². The lowest BCUT2D eigenvalue weighted by molar-refractivity contribution is -0.120. The van der Waals surface area contributed by atoms with E-state index in [0.717, 1.165) is 5.56 Å². The number of phenols is 2. The summed E-state index contributed by atoms with van der Waals surface area (Å²) in [5.41, 5.74) is 3.58. The molecule has 20 heavy (non-hydrogen) atoms. The fourth-order valence-electron chi connectivity index (χ4n) is 1.65. The molecule has 5 heteroatoms. The first-order valence-electron chi connectivity index (χ1n) is 6.03. The molecule has 0 aliphatic carbocycles. The van der Waals surface area contributed by atoms with Crippen molar-refractivity contribution in [3.05, 3.63) is 59.7 Å². The lowest BCUT2D eigenvalue weighted by Gasteiger charge is -2.02. The molecule has 2 rings (SSSR count). The Morgan fingerprint density at radius 2 is 1.85 bits per heavy atom. The van der Waals surface area contributed by atoms with Gasteiger partial charge in [0, 0.05) is 5.56 Å². The Labute approximate surface area is 116 Å². The summed E-state index contributed by atoms with van der Waals surface area (Å²) in [6.45, 7) is 0. The summed E-state index contributed by atoms with van der Waals surface area (Å²) in [7, 11) is 0. The minimum absolute atomic E-state index is 0.226. The summed E-state index contributed by atoms with van der Waals surface area (Å²) in [6, 6.07) is 13.8. The third kappa shape index (κ3) is 3.58. The van der Waals surface area contributed by atoms with Gasteiger partial charge in [-0.3, -0.25) is 4.79 Å². The van der Waals surface area contributed by atoms with Gasteiger partial charge in [0.15, 0.2) is 11.5 Å². The second-order valence-electron chi connectivity index (χ2n) is 4.17. The van der Waals surface area contributed by atoms with Gasteiger partial charge in [-0.05, 0) is 17.7 Å². The number of hydrogen-bond donors (Lipinski definition) is 3. The number of phenolic OH excluding ortho intramolecular Hbond substituents is 2. The molecule has 102 valence electrons. The van der Waals surface area contributed by atoms with Crippen LogP contribution in [0, 0.1) is 0 Å². The van der Waals surface area contributed by atoms with E-state index in [1.54, 1.807) is 12.1 Å². The highest BCUT2D eigenvalue weighted by Gasteiger charge is 2.04. The van der Waals surface area contributed by atoms with Crippen LogP contribution in [0.4, 0.5) is 0 Å². The SMILES string of the molecule is O=C(Cc1ccccc1)N/N=C/c1cccc(O)c1O. The number of aromatic hydroxyl groups is 2. The van der Waals surface area contributed by atoms with Crippen molar-refractivity contribution >= 4 is 12.1 Å². The average molecular weight is 270 g/mol. The van der Waals surface area contributed by atoms with Crippen molar-refractivity contribution in [1.82, 2.24) is 5.43 Å². The highest BCUT2D eigenvalue weighted by molar-refractivity contribution is 5.86. The molecule has 0 aliphatic heterocycles. The lowest BCUT2D eigenvalue weighted by atomic mass is 10.1. The van der Waals surface area contributed by atoms with Crippen LogP contribution in [0.5, 0.6) is 11.5 Å². The molecule has 2 aromatic rings. The zero-order valence-corrected chi connectivity index (χ0v) is 10.7. The summed E-state index contributed by atoms with van der Waals surface area (Å²) in [4.78, 5) is 11.6. The molecule has 0 saturated carbocycles. The van der Waals surface area contributed by atoms with Gasteiger partial charge in [0.25, 0.3) is 0 Å². The van der Waals surface area contributed by atoms with Crippen LogP contribution in [0.2, 0.25) is 0 Å². The molecule has 1 amide bonds. The highest BCUT2D eigenvalue weighted by atomic mass is 16.3. The van der Waals surface area contributed by atoms with Gasteiger partial charge in [-0.25, -0.2) is 5.43 Å². The average Bonchev–Trinajstić information content (AvgIpc) is 2.44. The first kappa shape index (κ1) is 13.6. The summed E-state index contributed by atoms with van der Waals surface area (Å²) < 4.78 is 0. The van der Waals surface area contributed by atoms with Gasteiger partial charge in [-0.1, -0.05) is 36.4 Å². The number of nitrogens with zero attached hydrogens (tertiary/aromatic N) is 1. The Morgan fingerprint density at radius 3 is 2.60 bits per heavy atom. The fraction of sp³-hybridized carbons (Fsp3) is 0.0667. The monoisotopic (exact) mass is 270 g/mol. The van der Waals surface area contributed by atoms with Gasteiger partial charge >= 0.3 is 0 Å². The Balaban J connectivity index is 1.93. The van der Waals surface area contributed by atoms with Crippen LogP contribution in [-0.4, -0.2) is 22.3 Å². The second kappa shape index (κ2) is 6.38. The Morgan fingerprint density at radius 1 is 1.10 bits per heavy atom. The minimum atomic E-state index is -0.270. The molecule has 0 aromatic heterocycles. The van der Waals surface area contributed by atoms with Gasteiger partial charge in [0.1, 0.15) is 0 Å². The van der Waals surface area contributed by atoms with Crippen LogP contribution in [0.1, 0.15) is 11.1 Å². The van der Waals surface area contributed by atoms with Crippen LogP contribution in [0.3, 0.4) is 0 Å². The van der Waals surface area contributed by atoms with E-state index in [1.165, 1.54) is 12.3 Å². The molecule has 0 bridgehead atoms. The van der Waals surface area contributed by atoms with Gasteiger partial charge in [-0.2, -0.15) is 5.10 Å². The van der Waals surface area contributed by atoms with Gasteiger partial charge in [0.2, 0.25) is 5.91 Å². The van der Waals surface area contributed by atoms with E-state index in [0.29, 0.717) is 5.56 Å². The van der Waals surface area contributed by atoms with E-state index in [2.05, 4.69) is 10.5 Å². The molecule has 0 aliphatic rings. The largest absolute Gasteiger partial charge is 0.504 e. The van der Waals surface area contributed by atoms with E-state index in [9.17, 15) is 15.0 Å². The van der Waals surface area contributed by atoms with Crippen molar-refractivity contribution < 1.29 is 15.0 Å². The molecular formula is C15H14N2O3. The van der Waals surface area contributed by atoms with E-state index in [-0.39, 0.29) is 23.8 Å². The second-order valence-corrected chi connectivity index (χ2v) is 4.17. The number of para-hydroxylation sites is 1. The molecule has 0 radical (unpaired) electrons. The molecule has 0 atom stereocenters. The van der Waals surface area contributed by atoms with E-state index >= 15 is 0 Å². The van der Waals surface area contributed by atoms with Gasteiger partial charge in [-0.15, -0.1) is 0 Å². The third-order valence-electron chi connectivity index (χ3n) is 2.65. The quantitative estimate of drug-likeness (QED) is 0.450. The van der Waals surface area contributed by atoms with Crippen LogP contribution in [0.15, 0.2) is 53.6 Å². The maximum Gasteiger partial charge on any atom is 0.244 e. The summed E-state index contributed by atoms with van der Waals surface area (Å²) in [6.07, 6.45) is 1.50. The van der Waals surface area contributed by atoms with E-state index < -0.39 is 0 Å². The van der Waals surface area contributed by atoms with Crippen molar-refractivity contribution in [2.24, 2.45) is 5.10 Å². The molecule has 0 spiro atoms. The number of carbonyl (C=O) groups is 1. The Kier molecular flexibility index (Phi) is 4.34. The fourth-order valence-corrected chi connectivity index (χ4v) is 1.65. The van der Waals surface area contributed by atoms with Crippen LogP contribution < -0.4 is 5.43 Å².